The first-order valence-corrected chi connectivity index (χ1v) is 8.01. The minimum atomic E-state index is -0.725. The van der Waals surface area contributed by atoms with Gasteiger partial charge >= 0.3 is 0 Å². The largest absolute Gasteiger partial charge is 0.392 e. The number of β-amino-alcohol motifs (C(OH)–C–C–N with tert-alkyl or cyclic N) is 1. The number of halogens is 2. The molecule has 3 rings (SSSR count). The second-order valence-electron chi connectivity index (χ2n) is 6.28. The molecule has 1 amide bonds. The number of nitrogens with two attached hydrogens (primary N) is 1. The van der Waals surface area contributed by atoms with Crippen molar-refractivity contribution >= 4 is 5.91 Å². The molecule has 2 unspecified atom stereocenters. The Labute approximate surface area is 144 Å². The summed E-state index contributed by atoms with van der Waals surface area (Å²) in [5.41, 5.74) is 6.56. The Morgan fingerprint density at radius 3 is 2.44 bits per heavy atom. The minimum absolute atomic E-state index is 0.124. The molecule has 1 aliphatic heterocycles. The SMILES string of the molecule is C[C@@H](c1ccc(-c2c(F)cncc2F)cc1)N1CC(O)CC1C(N)=O. The lowest BCUT2D eigenvalue weighted by Gasteiger charge is -2.29. The molecule has 1 aromatic heterocycles. The zero-order valence-electron chi connectivity index (χ0n) is 13.7. The number of carbonyl (C=O) groups excluding carboxylic acids is 1. The number of aliphatic hydroxyl groups excluding tert-OH is 1. The number of hydrogen-bond acceptors (Lipinski definition) is 4. The normalized spacial score (nSPS) is 22.1. The summed E-state index contributed by atoms with van der Waals surface area (Å²) in [6, 6.07) is 6.05. The predicted octanol–water partition coefficient (Wildman–Crippen LogP) is 2.01. The quantitative estimate of drug-likeness (QED) is 0.887. The van der Waals surface area contributed by atoms with E-state index in [-0.39, 0.29) is 11.6 Å². The van der Waals surface area contributed by atoms with Crippen LogP contribution in [0.3, 0.4) is 0 Å². The molecular formula is C18H19F2N3O2. The maximum atomic E-state index is 13.8. The van der Waals surface area contributed by atoms with Gasteiger partial charge in [-0.1, -0.05) is 24.3 Å². The van der Waals surface area contributed by atoms with Crippen LogP contribution in [0.25, 0.3) is 11.1 Å². The lowest BCUT2D eigenvalue weighted by atomic mass is 10.00. The molecule has 3 atom stereocenters. The highest BCUT2D eigenvalue weighted by molar-refractivity contribution is 5.80. The standard InChI is InChI=1S/C18H19F2N3O2/c1-10(23-9-13(24)6-16(23)18(21)25)11-2-4-12(5-3-11)17-14(19)7-22-8-15(17)20/h2-5,7-8,10,13,16,24H,6,9H2,1H3,(H2,21,25)/t10-,13?,16?/m0/s1. The van der Waals surface area contributed by atoms with E-state index in [2.05, 4.69) is 4.98 Å². The van der Waals surface area contributed by atoms with Crippen LogP contribution in [0, 0.1) is 11.6 Å². The summed E-state index contributed by atoms with van der Waals surface area (Å²) in [7, 11) is 0. The van der Waals surface area contributed by atoms with Crippen LogP contribution in [0.2, 0.25) is 0 Å². The van der Waals surface area contributed by atoms with Crippen LogP contribution < -0.4 is 5.73 Å². The molecule has 0 saturated carbocycles. The second-order valence-corrected chi connectivity index (χ2v) is 6.28. The number of benzene rings is 1. The molecule has 1 aromatic carbocycles. The van der Waals surface area contributed by atoms with Crippen LogP contribution in [-0.2, 0) is 4.79 Å². The van der Waals surface area contributed by atoms with Gasteiger partial charge < -0.3 is 10.8 Å². The molecule has 0 bridgehead atoms. The van der Waals surface area contributed by atoms with E-state index in [0.717, 1.165) is 18.0 Å². The van der Waals surface area contributed by atoms with Gasteiger partial charge in [0, 0.05) is 12.6 Å². The number of hydrogen-bond donors (Lipinski definition) is 2. The van der Waals surface area contributed by atoms with Crippen LogP contribution in [0.15, 0.2) is 36.7 Å². The zero-order chi connectivity index (χ0) is 18.1. The number of aromatic nitrogens is 1. The first-order chi connectivity index (χ1) is 11.9. The van der Waals surface area contributed by atoms with Gasteiger partial charge in [0.05, 0.1) is 30.1 Å². The maximum absolute atomic E-state index is 13.8. The number of pyridine rings is 1. The molecule has 7 heteroatoms. The lowest BCUT2D eigenvalue weighted by Crippen LogP contribution is -2.41. The second kappa shape index (κ2) is 6.85. The predicted molar refractivity (Wildman–Crippen MR) is 88.3 cm³/mol. The molecule has 25 heavy (non-hydrogen) atoms. The first kappa shape index (κ1) is 17.4. The molecule has 1 fully saturated rings. The summed E-state index contributed by atoms with van der Waals surface area (Å²) < 4.78 is 27.7. The van der Waals surface area contributed by atoms with E-state index in [1.807, 2.05) is 11.8 Å². The van der Waals surface area contributed by atoms with Crippen LogP contribution in [-0.4, -0.2) is 39.6 Å². The third-order valence-electron chi connectivity index (χ3n) is 4.68. The van der Waals surface area contributed by atoms with E-state index >= 15 is 0 Å². The molecule has 1 aliphatic rings. The third kappa shape index (κ3) is 3.38. The Balaban J connectivity index is 1.86. The smallest absolute Gasteiger partial charge is 0.234 e. The highest BCUT2D eigenvalue weighted by atomic mass is 19.1. The molecule has 0 radical (unpaired) electrons. The Morgan fingerprint density at radius 1 is 1.28 bits per heavy atom. The molecule has 3 N–H and O–H groups in total. The van der Waals surface area contributed by atoms with Gasteiger partial charge in [-0.2, -0.15) is 0 Å². The van der Waals surface area contributed by atoms with Gasteiger partial charge in [-0.15, -0.1) is 0 Å². The van der Waals surface area contributed by atoms with Gasteiger partial charge in [-0.3, -0.25) is 14.7 Å². The number of nitrogens with zero attached hydrogens (tertiary/aromatic N) is 2. The lowest BCUT2D eigenvalue weighted by molar-refractivity contribution is -0.122. The van der Waals surface area contributed by atoms with Gasteiger partial charge in [0.25, 0.3) is 0 Å². The van der Waals surface area contributed by atoms with Crippen LogP contribution in [0.4, 0.5) is 8.78 Å². The van der Waals surface area contributed by atoms with Crippen molar-refractivity contribution in [3.63, 3.8) is 0 Å². The molecule has 5 nitrogen and oxygen atoms in total. The number of amides is 1. The number of rotatable bonds is 4. The van der Waals surface area contributed by atoms with Crippen LogP contribution >= 0.6 is 0 Å². The fourth-order valence-electron chi connectivity index (χ4n) is 3.35. The van der Waals surface area contributed by atoms with Crippen molar-refractivity contribution in [3.8, 4) is 11.1 Å². The molecular weight excluding hydrogens is 328 g/mol. The zero-order valence-corrected chi connectivity index (χ0v) is 13.7. The number of primary amides is 1. The van der Waals surface area contributed by atoms with E-state index in [9.17, 15) is 18.7 Å². The average Bonchev–Trinajstić information content (AvgIpc) is 2.97. The molecule has 132 valence electrons. The minimum Gasteiger partial charge on any atom is -0.392 e. The third-order valence-corrected chi connectivity index (χ3v) is 4.68. The fraction of sp³-hybridized carbons (Fsp3) is 0.333. The van der Waals surface area contributed by atoms with Gasteiger partial charge in [-0.25, -0.2) is 8.78 Å². The number of aliphatic hydroxyl groups is 1. The van der Waals surface area contributed by atoms with Crippen molar-refractivity contribution in [1.82, 2.24) is 9.88 Å². The van der Waals surface area contributed by atoms with Crippen molar-refractivity contribution < 1.29 is 18.7 Å². The first-order valence-electron chi connectivity index (χ1n) is 8.01. The summed E-state index contributed by atoms with van der Waals surface area (Å²) in [5, 5.41) is 9.83. The monoisotopic (exact) mass is 347 g/mol. The van der Waals surface area contributed by atoms with Crippen molar-refractivity contribution in [2.45, 2.75) is 31.5 Å². The van der Waals surface area contributed by atoms with E-state index < -0.39 is 29.7 Å². The number of likely N-dealkylation sites (tertiary alicyclic amines) is 1. The van der Waals surface area contributed by atoms with Gasteiger partial charge in [0.1, 0.15) is 0 Å². The number of carbonyl (C=O) groups is 1. The van der Waals surface area contributed by atoms with Crippen LogP contribution in [0.5, 0.6) is 0 Å². The van der Waals surface area contributed by atoms with Gasteiger partial charge in [-0.05, 0) is 24.5 Å². The highest BCUT2D eigenvalue weighted by Gasteiger charge is 2.37. The van der Waals surface area contributed by atoms with Gasteiger partial charge in [0.2, 0.25) is 5.91 Å². The van der Waals surface area contributed by atoms with Crippen molar-refractivity contribution in [2.75, 3.05) is 6.54 Å². The van der Waals surface area contributed by atoms with Gasteiger partial charge in [0.15, 0.2) is 11.6 Å². The Bertz CT molecular complexity index is 762. The van der Waals surface area contributed by atoms with Crippen molar-refractivity contribution in [3.05, 3.63) is 53.9 Å². The summed E-state index contributed by atoms with van der Waals surface area (Å²) in [4.78, 5) is 16.9. The molecule has 2 heterocycles. The summed E-state index contributed by atoms with van der Waals surface area (Å²) >= 11 is 0. The van der Waals surface area contributed by atoms with E-state index in [0.29, 0.717) is 18.5 Å². The highest BCUT2D eigenvalue weighted by Crippen LogP contribution is 2.31. The molecule has 0 spiro atoms. The average molecular weight is 347 g/mol. The van der Waals surface area contributed by atoms with Crippen LogP contribution in [0.1, 0.15) is 24.9 Å². The fourth-order valence-corrected chi connectivity index (χ4v) is 3.35. The van der Waals surface area contributed by atoms with Crippen molar-refractivity contribution in [1.29, 1.82) is 0 Å². The topological polar surface area (TPSA) is 79.4 Å². The Hall–Kier alpha value is -2.38. The van der Waals surface area contributed by atoms with E-state index in [1.54, 1.807) is 24.3 Å². The molecule has 0 aliphatic carbocycles. The Kier molecular flexibility index (Phi) is 4.78. The summed E-state index contributed by atoms with van der Waals surface area (Å²) in [5.74, 6) is -1.92. The molecule has 2 aromatic rings. The van der Waals surface area contributed by atoms with E-state index in [1.165, 1.54) is 0 Å². The Morgan fingerprint density at radius 2 is 1.88 bits per heavy atom. The summed E-state index contributed by atoms with van der Waals surface area (Å²) in [6.07, 6.45) is 1.65. The maximum Gasteiger partial charge on any atom is 0.234 e. The van der Waals surface area contributed by atoms with E-state index in [4.69, 9.17) is 5.73 Å². The molecule has 1 saturated heterocycles. The summed E-state index contributed by atoms with van der Waals surface area (Å²) in [6.45, 7) is 2.25. The van der Waals surface area contributed by atoms with Crippen molar-refractivity contribution in [2.24, 2.45) is 5.73 Å².